The van der Waals surface area contributed by atoms with Crippen LogP contribution in [0, 0.1) is 0 Å². The number of hydrogen-bond donors (Lipinski definition) is 0. The lowest BCUT2D eigenvalue weighted by atomic mass is 9.63. The van der Waals surface area contributed by atoms with Gasteiger partial charge in [-0.1, -0.05) is 45.9 Å². The van der Waals surface area contributed by atoms with Crippen LogP contribution in [-0.4, -0.2) is 6.18 Å². The number of allylic oxidation sites excluding steroid dienone is 2. The summed E-state index contributed by atoms with van der Waals surface area (Å²) in [5.74, 6) is 0. The molecule has 0 radical (unpaired) electrons. The second-order valence-electron chi connectivity index (χ2n) is 7.40. The molecule has 0 fully saturated rings. The van der Waals surface area contributed by atoms with Crippen LogP contribution in [0.3, 0.4) is 0 Å². The summed E-state index contributed by atoms with van der Waals surface area (Å²) in [7, 11) is 0. The third-order valence-electron chi connectivity index (χ3n) is 4.69. The molecule has 0 saturated heterocycles. The second kappa shape index (κ2) is 4.89. The molecule has 1 aromatic carbocycles. The third-order valence-corrected chi connectivity index (χ3v) is 4.69. The molecule has 0 unspecified atom stereocenters. The number of fused-ring (bicyclic) bond motifs is 1. The Kier molecular flexibility index (Phi) is 3.76. The molecule has 0 amide bonds. The monoisotopic (exact) mass is 296 g/mol. The van der Waals surface area contributed by atoms with Crippen molar-refractivity contribution in [2.24, 2.45) is 0 Å². The molecule has 0 bridgehead atoms. The number of halogens is 3. The molecule has 0 saturated carbocycles. The predicted octanol–water partition coefficient (Wildman–Crippen LogP) is 6.00. The molecule has 21 heavy (non-hydrogen) atoms. The number of alkyl halides is 3. The molecule has 0 nitrogen and oxygen atoms in total. The van der Waals surface area contributed by atoms with E-state index < -0.39 is 6.18 Å². The first kappa shape index (κ1) is 16.1. The summed E-state index contributed by atoms with van der Waals surface area (Å²) in [6.07, 6.45) is -1.73. The predicted molar refractivity (Wildman–Crippen MR) is 81.4 cm³/mol. The smallest absolute Gasteiger partial charge is 0.167 e. The van der Waals surface area contributed by atoms with Gasteiger partial charge in [0.15, 0.2) is 0 Å². The van der Waals surface area contributed by atoms with Gasteiger partial charge in [0, 0.05) is 6.08 Å². The van der Waals surface area contributed by atoms with Crippen LogP contribution >= 0.6 is 0 Å². The summed E-state index contributed by atoms with van der Waals surface area (Å²) < 4.78 is 37.6. The normalized spacial score (nSPS) is 21.0. The molecule has 0 atom stereocenters. The van der Waals surface area contributed by atoms with Gasteiger partial charge in [-0.25, -0.2) is 0 Å². The maximum atomic E-state index is 12.5. The van der Waals surface area contributed by atoms with Crippen molar-refractivity contribution >= 4 is 5.57 Å². The summed E-state index contributed by atoms with van der Waals surface area (Å²) >= 11 is 0. The van der Waals surface area contributed by atoms with Crippen LogP contribution in [0.2, 0.25) is 0 Å². The van der Waals surface area contributed by atoms with Crippen molar-refractivity contribution < 1.29 is 13.2 Å². The van der Waals surface area contributed by atoms with Crippen molar-refractivity contribution in [2.75, 3.05) is 0 Å². The molecule has 0 aliphatic heterocycles. The highest BCUT2D eigenvalue weighted by atomic mass is 19.4. The zero-order valence-corrected chi connectivity index (χ0v) is 13.4. The highest BCUT2D eigenvalue weighted by molar-refractivity contribution is 5.66. The Morgan fingerprint density at radius 1 is 1.00 bits per heavy atom. The van der Waals surface area contributed by atoms with E-state index in [0.717, 1.165) is 12.8 Å². The average Bonchev–Trinajstić information content (AvgIpc) is 2.33. The molecule has 0 spiro atoms. The Balaban J connectivity index is 2.54. The van der Waals surface area contributed by atoms with Crippen molar-refractivity contribution in [3.8, 4) is 0 Å². The Bertz CT molecular complexity index is 575. The fourth-order valence-corrected chi connectivity index (χ4v) is 3.16. The number of benzene rings is 1. The van der Waals surface area contributed by atoms with Crippen molar-refractivity contribution in [3.05, 3.63) is 41.0 Å². The van der Waals surface area contributed by atoms with E-state index in [0.29, 0.717) is 11.6 Å². The molecular formula is C18H23F3. The standard InChI is InChI=1S/C18H23F3/c1-12(11-18(19,20)21)13-6-7-14-15(10-13)17(4,5)9-8-16(14,2)3/h6-7,10-11H,8-9H2,1-5H3/b12-11+. The van der Waals surface area contributed by atoms with Gasteiger partial charge in [-0.3, -0.25) is 0 Å². The zero-order valence-electron chi connectivity index (χ0n) is 13.4. The van der Waals surface area contributed by atoms with Crippen LogP contribution in [-0.2, 0) is 10.8 Å². The highest BCUT2D eigenvalue weighted by Crippen LogP contribution is 2.46. The quantitative estimate of drug-likeness (QED) is 0.596. The first-order valence-corrected chi connectivity index (χ1v) is 7.34. The van der Waals surface area contributed by atoms with Gasteiger partial charge in [0.25, 0.3) is 0 Å². The van der Waals surface area contributed by atoms with Crippen LogP contribution in [0.5, 0.6) is 0 Å². The maximum absolute atomic E-state index is 12.5. The SMILES string of the molecule is C/C(=C\C(F)(F)F)c1ccc2c(c1)C(C)(C)CCC2(C)C. The lowest BCUT2D eigenvalue weighted by molar-refractivity contribution is -0.0793. The summed E-state index contributed by atoms with van der Waals surface area (Å²) in [5.41, 5.74) is 3.49. The first-order chi connectivity index (χ1) is 9.42. The van der Waals surface area contributed by atoms with Gasteiger partial charge in [0.1, 0.15) is 0 Å². The van der Waals surface area contributed by atoms with Crippen molar-refractivity contribution in [1.29, 1.82) is 0 Å². The lowest BCUT2D eigenvalue weighted by Gasteiger charge is -2.42. The van der Waals surface area contributed by atoms with E-state index >= 15 is 0 Å². The largest absolute Gasteiger partial charge is 0.410 e. The maximum Gasteiger partial charge on any atom is 0.410 e. The minimum atomic E-state index is -4.27. The van der Waals surface area contributed by atoms with E-state index in [-0.39, 0.29) is 16.4 Å². The highest BCUT2D eigenvalue weighted by Gasteiger charge is 2.37. The van der Waals surface area contributed by atoms with Crippen LogP contribution in [0.25, 0.3) is 5.57 Å². The lowest BCUT2D eigenvalue weighted by Crippen LogP contribution is -2.33. The summed E-state index contributed by atoms with van der Waals surface area (Å²) in [4.78, 5) is 0. The van der Waals surface area contributed by atoms with E-state index in [1.54, 1.807) is 0 Å². The first-order valence-electron chi connectivity index (χ1n) is 7.34. The van der Waals surface area contributed by atoms with Crippen LogP contribution in [0.15, 0.2) is 24.3 Å². The molecule has 0 aromatic heterocycles. The van der Waals surface area contributed by atoms with Gasteiger partial charge in [-0.15, -0.1) is 0 Å². The Labute approximate surface area is 125 Å². The molecule has 1 aliphatic carbocycles. The fourth-order valence-electron chi connectivity index (χ4n) is 3.16. The fraction of sp³-hybridized carbons (Fsp3) is 0.556. The van der Waals surface area contributed by atoms with Crippen LogP contribution < -0.4 is 0 Å². The summed E-state index contributed by atoms with van der Waals surface area (Å²) in [6.45, 7) is 10.3. The zero-order chi connectivity index (χ0) is 16.1. The van der Waals surface area contributed by atoms with Gasteiger partial charge in [0.2, 0.25) is 0 Å². The van der Waals surface area contributed by atoms with Gasteiger partial charge in [-0.05, 0) is 52.9 Å². The summed E-state index contributed by atoms with van der Waals surface area (Å²) in [6, 6.07) is 5.78. The molecule has 2 rings (SSSR count). The Morgan fingerprint density at radius 2 is 1.52 bits per heavy atom. The third kappa shape index (κ3) is 3.33. The van der Waals surface area contributed by atoms with Crippen LogP contribution in [0.1, 0.15) is 64.2 Å². The minimum Gasteiger partial charge on any atom is -0.167 e. The van der Waals surface area contributed by atoms with Gasteiger partial charge in [-0.2, -0.15) is 13.2 Å². The molecule has 116 valence electrons. The molecule has 3 heteroatoms. The molecule has 1 aliphatic rings. The van der Waals surface area contributed by atoms with Crippen molar-refractivity contribution in [3.63, 3.8) is 0 Å². The van der Waals surface area contributed by atoms with Gasteiger partial charge < -0.3 is 0 Å². The van der Waals surface area contributed by atoms with Crippen LogP contribution in [0.4, 0.5) is 13.2 Å². The second-order valence-corrected chi connectivity index (χ2v) is 7.40. The van der Waals surface area contributed by atoms with E-state index in [2.05, 4.69) is 27.7 Å². The van der Waals surface area contributed by atoms with Gasteiger partial charge >= 0.3 is 6.18 Å². The molecule has 1 aromatic rings. The number of rotatable bonds is 1. The van der Waals surface area contributed by atoms with E-state index in [4.69, 9.17) is 0 Å². The minimum absolute atomic E-state index is 0.0133. The molecular weight excluding hydrogens is 273 g/mol. The Hall–Kier alpha value is -1.25. The Morgan fingerprint density at radius 3 is 2.05 bits per heavy atom. The number of hydrogen-bond acceptors (Lipinski definition) is 0. The van der Waals surface area contributed by atoms with E-state index in [9.17, 15) is 13.2 Å². The van der Waals surface area contributed by atoms with E-state index in [1.807, 2.05) is 18.2 Å². The van der Waals surface area contributed by atoms with Crippen molar-refractivity contribution in [1.82, 2.24) is 0 Å². The average molecular weight is 296 g/mol. The topological polar surface area (TPSA) is 0 Å². The van der Waals surface area contributed by atoms with Gasteiger partial charge in [0.05, 0.1) is 0 Å². The summed E-state index contributed by atoms with van der Waals surface area (Å²) in [5, 5.41) is 0. The van der Waals surface area contributed by atoms with Crippen molar-refractivity contribution in [2.45, 2.75) is 64.5 Å². The molecule has 0 N–H and O–H groups in total. The van der Waals surface area contributed by atoms with E-state index in [1.165, 1.54) is 18.1 Å². The molecule has 0 heterocycles.